The van der Waals surface area contributed by atoms with Gasteiger partial charge in [-0.15, -0.1) is 0 Å². The van der Waals surface area contributed by atoms with Crippen molar-refractivity contribution in [2.45, 2.75) is 32.4 Å². The van der Waals surface area contributed by atoms with Crippen LogP contribution in [0.3, 0.4) is 0 Å². The molecule has 1 fully saturated rings. The van der Waals surface area contributed by atoms with Crippen molar-refractivity contribution in [3.8, 4) is 0 Å². The summed E-state index contributed by atoms with van der Waals surface area (Å²) in [6.07, 6.45) is 2.09. The zero-order valence-electron chi connectivity index (χ0n) is 19.0. The molecular formula is C24H29FN6O2. The van der Waals surface area contributed by atoms with E-state index in [1.54, 1.807) is 12.1 Å². The molecule has 0 spiro atoms. The van der Waals surface area contributed by atoms with Crippen LogP contribution in [-0.4, -0.2) is 67.5 Å². The highest BCUT2D eigenvalue weighted by Gasteiger charge is 2.33. The summed E-state index contributed by atoms with van der Waals surface area (Å²) in [6, 6.07) is 7.44. The second kappa shape index (κ2) is 8.62. The second-order valence-electron chi connectivity index (χ2n) is 8.96. The van der Waals surface area contributed by atoms with Gasteiger partial charge in [-0.25, -0.2) is 4.98 Å². The Balaban J connectivity index is 1.26. The van der Waals surface area contributed by atoms with Crippen LogP contribution in [-0.2, 0) is 17.8 Å². The number of nitrogens with one attached hydrogen (secondary N) is 2. The molecule has 2 N–H and O–H groups in total. The summed E-state index contributed by atoms with van der Waals surface area (Å²) >= 11 is 0. The molecule has 2 amide bonds. The summed E-state index contributed by atoms with van der Waals surface area (Å²) in [5.41, 5.74) is 5.12. The lowest BCUT2D eigenvalue weighted by atomic mass is 9.94. The minimum Gasteiger partial charge on any atom is -0.365 e. The Morgan fingerprint density at radius 3 is 2.73 bits per heavy atom. The number of benzene rings is 1. The number of hydrogen-bond acceptors (Lipinski definition) is 6. The van der Waals surface area contributed by atoms with E-state index in [4.69, 9.17) is 0 Å². The van der Waals surface area contributed by atoms with Crippen molar-refractivity contribution in [2.24, 2.45) is 0 Å². The smallest absolute Gasteiger partial charge is 0.269 e. The molecule has 1 unspecified atom stereocenters. The lowest BCUT2D eigenvalue weighted by Gasteiger charge is -2.41. The number of pyridine rings is 1. The van der Waals surface area contributed by atoms with Crippen LogP contribution in [0.5, 0.6) is 0 Å². The van der Waals surface area contributed by atoms with E-state index in [2.05, 4.69) is 37.6 Å². The average Bonchev–Trinajstić information content (AvgIpc) is 2.82. The molecule has 1 aromatic carbocycles. The van der Waals surface area contributed by atoms with E-state index in [-0.39, 0.29) is 17.6 Å². The number of carbonyl (C=O) groups is 2. The first-order chi connectivity index (χ1) is 15.9. The number of piperazine rings is 1. The molecule has 2 aromatic rings. The highest BCUT2D eigenvalue weighted by Crippen LogP contribution is 2.40. The van der Waals surface area contributed by atoms with Crippen molar-refractivity contribution in [2.75, 3.05) is 54.9 Å². The monoisotopic (exact) mass is 452 g/mol. The fourth-order valence-corrected chi connectivity index (χ4v) is 5.12. The Hall–Kier alpha value is -3.20. The van der Waals surface area contributed by atoms with Gasteiger partial charge in [-0.1, -0.05) is 6.07 Å². The third kappa shape index (κ3) is 4.01. The predicted octanol–water partition coefficient (Wildman–Crippen LogP) is 2.00. The summed E-state index contributed by atoms with van der Waals surface area (Å²) < 4.78 is 14.5. The van der Waals surface area contributed by atoms with Gasteiger partial charge in [-0.2, -0.15) is 4.39 Å². The molecule has 3 aliphatic rings. The normalized spacial score (nSPS) is 20.3. The molecule has 4 heterocycles. The summed E-state index contributed by atoms with van der Waals surface area (Å²) in [4.78, 5) is 34.5. The van der Waals surface area contributed by atoms with Crippen LogP contribution in [0.2, 0.25) is 0 Å². The summed E-state index contributed by atoms with van der Waals surface area (Å²) in [5.74, 6) is -0.963. The first-order valence-corrected chi connectivity index (χ1v) is 11.5. The molecule has 0 bridgehead atoms. The third-order valence-electron chi connectivity index (χ3n) is 6.89. The van der Waals surface area contributed by atoms with Crippen LogP contribution in [0.15, 0.2) is 24.3 Å². The number of anilines is 3. The van der Waals surface area contributed by atoms with Gasteiger partial charge < -0.3 is 20.4 Å². The maximum absolute atomic E-state index is 14.5. The maximum Gasteiger partial charge on any atom is 0.269 e. The number of aromatic nitrogens is 1. The molecule has 9 heteroatoms. The van der Waals surface area contributed by atoms with E-state index in [9.17, 15) is 14.0 Å². The lowest BCUT2D eigenvalue weighted by Crippen LogP contribution is -2.48. The fourth-order valence-electron chi connectivity index (χ4n) is 5.12. The van der Waals surface area contributed by atoms with Crippen molar-refractivity contribution < 1.29 is 14.0 Å². The Bertz CT molecular complexity index is 1100. The predicted molar refractivity (Wildman–Crippen MR) is 125 cm³/mol. The Kier molecular flexibility index (Phi) is 5.65. The molecule has 5 rings (SSSR count). The number of aryl methyl sites for hydroxylation is 1. The van der Waals surface area contributed by atoms with E-state index < -0.39 is 11.9 Å². The van der Waals surface area contributed by atoms with Crippen LogP contribution >= 0.6 is 0 Å². The van der Waals surface area contributed by atoms with Gasteiger partial charge in [0, 0.05) is 46.3 Å². The zero-order valence-corrected chi connectivity index (χ0v) is 19.0. The van der Waals surface area contributed by atoms with Crippen LogP contribution < -0.4 is 20.4 Å². The first-order valence-electron chi connectivity index (χ1n) is 11.5. The Morgan fingerprint density at radius 2 is 2.00 bits per heavy atom. The molecule has 0 saturated carbocycles. The molecule has 33 heavy (non-hydrogen) atoms. The summed E-state index contributed by atoms with van der Waals surface area (Å²) in [7, 11) is 1.50. The van der Waals surface area contributed by atoms with Crippen molar-refractivity contribution in [1.82, 2.24) is 15.2 Å². The highest BCUT2D eigenvalue weighted by atomic mass is 19.1. The third-order valence-corrected chi connectivity index (χ3v) is 6.89. The van der Waals surface area contributed by atoms with Gasteiger partial charge in [0.1, 0.15) is 11.7 Å². The number of nitrogens with zero attached hydrogens (tertiary/aromatic N) is 4. The molecule has 1 aromatic heterocycles. The molecular weight excluding hydrogens is 423 g/mol. The van der Waals surface area contributed by atoms with E-state index in [0.717, 1.165) is 44.7 Å². The van der Waals surface area contributed by atoms with Gasteiger partial charge in [0.2, 0.25) is 11.9 Å². The van der Waals surface area contributed by atoms with E-state index >= 15 is 0 Å². The average molecular weight is 453 g/mol. The summed E-state index contributed by atoms with van der Waals surface area (Å²) in [5, 5.41) is 5.55. The summed E-state index contributed by atoms with van der Waals surface area (Å²) in [6.45, 7) is 6.61. The topological polar surface area (TPSA) is 80.8 Å². The first kappa shape index (κ1) is 21.6. The van der Waals surface area contributed by atoms with E-state index in [1.807, 2.05) is 11.8 Å². The van der Waals surface area contributed by atoms with Crippen molar-refractivity contribution in [1.29, 1.82) is 0 Å². The van der Waals surface area contributed by atoms with Crippen LogP contribution in [0.4, 0.5) is 21.5 Å². The second-order valence-corrected chi connectivity index (χ2v) is 8.96. The van der Waals surface area contributed by atoms with Crippen LogP contribution in [0.1, 0.15) is 35.0 Å². The molecule has 1 atom stereocenters. The quantitative estimate of drug-likeness (QED) is 0.691. The molecule has 174 valence electrons. The van der Waals surface area contributed by atoms with Crippen LogP contribution in [0, 0.1) is 5.95 Å². The van der Waals surface area contributed by atoms with Crippen molar-refractivity contribution in [3.63, 3.8) is 0 Å². The number of carbonyl (C=O) groups excluding carboxylic acids is 2. The number of halogens is 1. The minimum absolute atomic E-state index is 0.0548. The SMILES string of the molecule is CNC(=O)c1ccc(N2CCN(Cc3cc4c5c(c3)NC(=O)C(C)N5CCC4)CC2)c(F)n1. The molecule has 3 aliphatic heterocycles. The lowest BCUT2D eigenvalue weighted by molar-refractivity contribution is -0.117. The van der Waals surface area contributed by atoms with Crippen LogP contribution in [0.25, 0.3) is 0 Å². The number of hydrogen-bond donors (Lipinski definition) is 2. The van der Waals surface area contributed by atoms with Gasteiger partial charge in [0.25, 0.3) is 5.91 Å². The van der Waals surface area contributed by atoms with Gasteiger partial charge in [0.15, 0.2) is 0 Å². The molecule has 1 saturated heterocycles. The largest absolute Gasteiger partial charge is 0.365 e. The number of amides is 2. The van der Waals surface area contributed by atoms with Crippen molar-refractivity contribution in [3.05, 3.63) is 47.0 Å². The maximum atomic E-state index is 14.5. The zero-order chi connectivity index (χ0) is 23.1. The molecule has 8 nitrogen and oxygen atoms in total. The van der Waals surface area contributed by atoms with Gasteiger partial charge >= 0.3 is 0 Å². The fraction of sp³-hybridized carbons (Fsp3) is 0.458. The van der Waals surface area contributed by atoms with Gasteiger partial charge in [0.05, 0.1) is 17.1 Å². The molecule has 0 aliphatic carbocycles. The van der Waals surface area contributed by atoms with E-state index in [0.29, 0.717) is 18.8 Å². The van der Waals surface area contributed by atoms with Gasteiger partial charge in [-0.3, -0.25) is 14.5 Å². The van der Waals surface area contributed by atoms with Gasteiger partial charge in [-0.05, 0) is 49.1 Å². The standard InChI is InChI=1S/C24H29FN6O2/c1-15-23(32)28-19-13-16(12-17-4-3-7-31(15)21(17)19)14-29-8-10-30(11-9-29)20-6-5-18(24(33)26-2)27-22(20)25/h5-6,12-13,15H,3-4,7-11,14H2,1-2H3,(H,26,33)(H,28,32). The van der Waals surface area contributed by atoms with Crippen molar-refractivity contribution >= 4 is 28.9 Å². The highest BCUT2D eigenvalue weighted by molar-refractivity contribution is 6.04. The van der Waals surface area contributed by atoms with E-state index in [1.165, 1.54) is 23.9 Å². The molecule has 0 radical (unpaired) electrons. The Morgan fingerprint density at radius 1 is 1.21 bits per heavy atom. The Labute approximate surface area is 192 Å². The minimum atomic E-state index is -0.618. The number of rotatable bonds is 4.